The smallest absolute Gasteiger partial charge is 0.345 e. The molecule has 0 spiro atoms. The molecule has 2 aromatic rings. The highest BCUT2D eigenvalue weighted by molar-refractivity contribution is 7.91. The minimum absolute atomic E-state index is 0.0139. The first-order chi connectivity index (χ1) is 8.84. The van der Waals surface area contributed by atoms with Gasteiger partial charge in [0.15, 0.2) is 9.84 Å². The Morgan fingerprint density at radius 2 is 2.21 bits per heavy atom. The Bertz CT molecular complexity index is 727. The number of nitrogens with zero attached hydrogens (tertiary/aromatic N) is 2. The molecule has 0 aliphatic carbocycles. The summed E-state index contributed by atoms with van der Waals surface area (Å²) in [6.07, 6.45) is 0. The van der Waals surface area contributed by atoms with E-state index in [-0.39, 0.29) is 22.9 Å². The minimum Gasteiger partial charge on any atom is -0.477 e. The summed E-state index contributed by atoms with van der Waals surface area (Å²) in [5, 5.41) is 14.0. The molecule has 0 saturated heterocycles. The highest BCUT2D eigenvalue weighted by atomic mass is 32.2. The molecule has 0 bridgehead atoms. The summed E-state index contributed by atoms with van der Waals surface area (Å²) >= 11 is 1.12. The molecule has 0 unspecified atom stereocenters. The Morgan fingerprint density at radius 3 is 2.79 bits per heavy atom. The van der Waals surface area contributed by atoms with E-state index in [1.165, 1.54) is 0 Å². The number of aromatic nitrogens is 2. The third-order valence-electron chi connectivity index (χ3n) is 2.87. The molecular weight excluding hydrogens is 288 g/mol. The predicted octanol–water partition coefficient (Wildman–Crippen LogP) is 1.54. The van der Waals surface area contributed by atoms with Crippen molar-refractivity contribution in [3.8, 4) is 0 Å². The number of carboxylic acids is 1. The van der Waals surface area contributed by atoms with Crippen LogP contribution in [0.2, 0.25) is 0 Å². The lowest BCUT2D eigenvalue weighted by Gasteiger charge is -2.02. The van der Waals surface area contributed by atoms with E-state index in [4.69, 9.17) is 5.11 Å². The van der Waals surface area contributed by atoms with Crippen molar-refractivity contribution in [2.45, 2.75) is 20.4 Å². The third-order valence-corrected chi connectivity index (χ3v) is 5.69. The van der Waals surface area contributed by atoms with Gasteiger partial charge in [-0.05, 0) is 13.0 Å². The van der Waals surface area contributed by atoms with Crippen LogP contribution in [0.3, 0.4) is 0 Å². The van der Waals surface area contributed by atoms with Crippen LogP contribution in [0.15, 0.2) is 6.07 Å². The van der Waals surface area contributed by atoms with Crippen molar-refractivity contribution in [1.29, 1.82) is 0 Å². The normalized spacial score (nSPS) is 12.1. The molecule has 0 aliphatic rings. The van der Waals surface area contributed by atoms with Crippen LogP contribution in [0.5, 0.6) is 0 Å². The minimum atomic E-state index is -3.06. The van der Waals surface area contributed by atoms with Gasteiger partial charge in [0.1, 0.15) is 9.71 Å². The molecule has 2 rings (SSSR count). The molecule has 2 aromatic heterocycles. The number of rotatable bonds is 5. The SMILES string of the molecule is CCS(=O)(=O)CCn1nc(C)c2cc(C(=O)O)sc21. The van der Waals surface area contributed by atoms with Crippen LogP contribution in [0, 0.1) is 6.92 Å². The summed E-state index contributed by atoms with van der Waals surface area (Å²) in [5.74, 6) is -0.866. The fraction of sp³-hybridized carbons (Fsp3) is 0.455. The van der Waals surface area contributed by atoms with E-state index in [9.17, 15) is 13.2 Å². The number of hydrogen-bond acceptors (Lipinski definition) is 5. The topological polar surface area (TPSA) is 89.3 Å². The van der Waals surface area contributed by atoms with Crippen LogP contribution >= 0.6 is 11.3 Å². The van der Waals surface area contributed by atoms with Crippen molar-refractivity contribution in [3.63, 3.8) is 0 Å². The zero-order valence-corrected chi connectivity index (χ0v) is 12.2. The van der Waals surface area contributed by atoms with Gasteiger partial charge < -0.3 is 5.11 Å². The van der Waals surface area contributed by atoms with Gasteiger partial charge in [-0.3, -0.25) is 4.68 Å². The molecule has 0 amide bonds. The second kappa shape index (κ2) is 4.93. The average molecular weight is 302 g/mol. The number of aryl methyl sites for hydroxylation is 2. The Labute approximate surface area is 114 Å². The van der Waals surface area contributed by atoms with E-state index in [0.717, 1.165) is 16.7 Å². The molecule has 0 aromatic carbocycles. The van der Waals surface area contributed by atoms with Crippen molar-refractivity contribution in [2.75, 3.05) is 11.5 Å². The van der Waals surface area contributed by atoms with Crippen molar-refractivity contribution in [2.24, 2.45) is 0 Å². The maximum Gasteiger partial charge on any atom is 0.345 e. The van der Waals surface area contributed by atoms with Gasteiger partial charge in [-0.25, -0.2) is 13.2 Å². The van der Waals surface area contributed by atoms with Crippen LogP contribution in [0.1, 0.15) is 22.3 Å². The van der Waals surface area contributed by atoms with Gasteiger partial charge in [-0.1, -0.05) is 6.92 Å². The summed E-state index contributed by atoms with van der Waals surface area (Å²) < 4.78 is 24.6. The summed E-state index contributed by atoms with van der Waals surface area (Å²) in [5.41, 5.74) is 0.715. The monoisotopic (exact) mass is 302 g/mol. The molecule has 19 heavy (non-hydrogen) atoms. The number of sulfone groups is 1. The molecular formula is C11H14N2O4S2. The lowest BCUT2D eigenvalue weighted by atomic mass is 10.3. The molecule has 0 fully saturated rings. The zero-order chi connectivity index (χ0) is 14.2. The Balaban J connectivity index is 2.36. The van der Waals surface area contributed by atoms with E-state index in [0.29, 0.717) is 10.5 Å². The molecule has 104 valence electrons. The molecule has 6 nitrogen and oxygen atoms in total. The fourth-order valence-corrected chi connectivity index (χ4v) is 3.51. The van der Waals surface area contributed by atoms with Crippen LogP contribution in [0.4, 0.5) is 0 Å². The maximum atomic E-state index is 11.5. The highest BCUT2D eigenvalue weighted by Gasteiger charge is 2.16. The van der Waals surface area contributed by atoms with Crippen LogP contribution in [-0.2, 0) is 16.4 Å². The van der Waals surface area contributed by atoms with E-state index < -0.39 is 15.8 Å². The van der Waals surface area contributed by atoms with E-state index in [1.54, 1.807) is 24.6 Å². The van der Waals surface area contributed by atoms with Crippen LogP contribution in [0.25, 0.3) is 10.2 Å². The molecule has 0 saturated carbocycles. The van der Waals surface area contributed by atoms with Gasteiger partial charge in [0.2, 0.25) is 0 Å². The average Bonchev–Trinajstić information content (AvgIpc) is 2.89. The van der Waals surface area contributed by atoms with Gasteiger partial charge in [-0.2, -0.15) is 5.10 Å². The first-order valence-corrected chi connectivity index (χ1v) is 8.38. The number of aromatic carboxylic acids is 1. The molecule has 0 atom stereocenters. The second-order valence-corrected chi connectivity index (χ2v) is 7.68. The Hall–Kier alpha value is -1.41. The predicted molar refractivity (Wildman–Crippen MR) is 73.6 cm³/mol. The van der Waals surface area contributed by atoms with E-state index >= 15 is 0 Å². The summed E-state index contributed by atoms with van der Waals surface area (Å²) in [7, 11) is -3.06. The molecule has 8 heteroatoms. The van der Waals surface area contributed by atoms with Gasteiger partial charge in [0.05, 0.1) is 18.0 Å². The summed E-state index contributed by atoms with van der Waals surface area (Å²) in [4.78, 5) is 11.9. The Morgan fingerprint density at radius 1 is 1.53 bits per heavy atom. The van der Waals surface area contributed by atoms with Crippen molar-refractivity contribution < 1.29 is 18.3 Å². The van der Waals surface area contributed by atoms with Crippen LogP contribution < -0.4 is 0 Å². The quantitative estimate of drug-likeness (QED) is 0.905. The molecule has 0 aliphatic heterocycles. The molecule has 1 N–H and O–H groups in total. The first kappa shape index (κ1) is 14.0. The van der Waals surface area contributed by atoms with Gasteiger partial charge in [0, 0.05) is 11.1 Å². The van der Waals surface area contributed by atoms with E-state index in [1.807, 2.05) is 0 Å². The van der Waals surface area contributed by atoms with Gasteiger partial charge in [0.25, 0.3) is 0 Å². The zero-order valence-electron chi connectivity index (χ0n) is 10.6. The number of carboxylic acid groups (broad SMARTS) is 1. The first-order valence-electron chi connectivity index (χ1n) is 5.74. The number of carbonyl (C=O) groups is 1. The standard InChI is InChI=1S/C11H14N2O4S2/c1-3-19(16,17)5-4-13-10-8(7(2)12-13)6-9(18-10)11(14)15/h6H,3-5H2,1-2H3,(H,14,15). The number of hydrogen-bond donors (Lipinski definition) is 1. The van der Waals surface area contributed by atoms with Crippen LogP contribution in [-0.4, -0.2) is 40.8 Å². The van der Waals surface area contributed by atoms with E-state index in [2.05, 4.69) is 5.10 Å². The molecule has 0 radical (unpaired) electrons. The fourth-order valence-electron chi connectivity index (χ4n) is 1.74. The van der Waals surface area contributed by atoms with Crippen molar-refractivity contribution in [1.82, 2.24) is 9.78 Å². The summed E-state index contributed by atoms with van der Waals surface area (Å²) in [6, 6.07) is 1.58. The van der Waals surface area contributed by atoms with Crippen molar-refractivity contribution >= 4 is 37.4 Å². The summed E-state index contributed by atoms with van der Waals surface area (Å²) in [6.45, 7) is 3.64. The van der Waals surface area contributed by atoms with Crippen molar-refractivity contribution in [3.05, 3.63) is 16.6 Å². The Kier molecular flexibility index (Phi) is 3.64. The molecule has 2 heterocycles. The largest absolute Gasteiger partial charge is 0.477 e. The maximum absolute atomic E-state index is 11.5. The number of fused-ring (bicyclic) bond motifs is 1. The second-order valence-electron chi connectivity index (χ2n) is 4.18. The highest BCUT2D eigenvalue weighted by Crippen LogP contribution is 2.28. The third kappa shape index (κ3) is 2.79. The lowest BCUT2D eigenvalue weighted by Crippen LogP contribution is -2.15. The van der Waals surface area contributed by atoms with Gasteiger partial charge >= 0.3 is 5.97 Å². The van der Waals surface area contributed by atoms with Gasteiger partial charge in [-0.15, -0.1) is 11.3 Å². The number of thiophene rings is 1. The lowest BCUT2D eigenvalue weighted by molar-refractivity contribution is 0.0702.